The highest BCUT2D eigenvalue weighted by Gasteiger charge is 2.11. The first-order valence-corrected chi connectivity index (χ1v) is 11.0. The van der Waals surface area contributed by atoms with Crippen molar-refractivity contribution in [1.82, 2.24) is 15.5 Å². The van der Waals surface area contributed by atoms with Crippen molar-refractivity contribution in [2.45, 2.75) is 46.6 Å². The second-order valence-electron chi connectivity index (χ2n) is 7.27. The Hall–Kier alpha value is -1.98. The van der Waals surface area contributed by atoms with Gasteiger partial charge < -0.3 is 20.5 Å². The molecule has 0 aliphatic rings. The normalized spacial score (nSPS) is 12.4. The zero-order chi connectivity index (χ0) is 23.3. The van der Waals surface area contributed by atoms with Crippen molar-refractivity contribution in [1.29, 1.82) is 0 Å². The molecule has 184 valence electrons. The maximum atomic E-state index is 12.3. The molecule has 6 nitrogen and oxygen atoms in total. The van der Waals surface area contributed by atoms with Crippen LogP contribution in [0, 0.1) is 0 Å². The number of halogens is 3. The molecule has 33 heavy (non-hydrogen) atoms. The van der Waals surface area contributed by atoms with E-state index in [1.54, 1.807) is 12.1 Å². The fourth-order valence-corrected chi connectivity index (χ4v) is 3.24. The van der Waals surface area contributed by atoms with Crippen molar-refractivity contribution in [3.63, 3.8) is 0 Å². The van der Waals surface area contributed by atoms with Crippen LogP contribution >= 0.6 is 24.0 Å². The lowest BCUT2D eigenvalue weighted by atomic mass is 10.1. The first-order chi connectivity index (χ1) is 15.5. The minimum absolute atomic E-state index is 0. The Morgan fingerprint density at radius 3 is 2.21 bits per heavy atom. The molecule has 2 rings (SSSR count). The molecular formula is C24H35F2IN4O2. The van der Waals surface area contributed by atoms with Crippen LogP contribution in [-0.4, -0.2) is 48.8 Å². The van der Waals surface area contributed by atoms with E-state index in [0.29, 0.717) is 24.6 Å². The monoisotopic (exact) mass is 576 g/mol. The third kappa shape index (κ3) is 10.2. The van der Waals surface area contributed by atoms with E-state index in [1.165, 1.54) is 17.7 Å². The highest BCUT2D eigenvalue weighted by Crippen LogP contribution is 2.19. The van der Waals surface area contributed by atoms with Gasteiger partial charge in [0, 0.05) is 19.6 Å². The molecule has 1 atom stereocenters. The van der Waals surface area contributed by atoms with Gasteiger partial charge in [-0.1, -0.05) is 50.2 Å². The topological polar surface area (TPSA) is 69.1 Å². The van der Waals surface area contributed by atoms with E-state index < -0.39 is 12.7 Å². The number of nitrogens with zero attached hydrogens (tertiary/aromatic N) is 2. The quantitative estimate of drug-likeness (QED) is 0.197. The fourth-order valence-electron chi connectivity index (χ4n) is 3.24. The number of nitrogens with one attached hydrogen (secondary N) is 2. The van der Waals surface area contributed by atoms with Gasteiger partial charge in [-0.15, -0.1) is 24.0 Å². The summed E-state index contributed by atoms with van der Waals surface area (Å²) in [6.45, 7) is 7.70. The molecule has 0 heterocycles. The molecule has 0 bridgehead atoms. The average Bonchev–Trinajstić information content (AvgIpc) is 2.79. The largest absolute Gasteiger partial charge is 0.435 e. The summed E-state index contributed by atoms with van der Waals surface area (Å²) in [6.07, 6.45) is -0.825. The van der Waals surface area contributed by atoms with Gasteiger partial charge in [-0.25, -0.2) is 4.99 Å². The Morgan fingerprint density at radius 2 is 1.64 bits per heavy atom. The lowest BCUT2D eigenvalue weighted by Gasteiger charge is -2.20. The molecule has 0 radical (unpaired) electrons. The van der Waals surface area contributed by atoms with E-state index in [-0.39, 0.29) is 36.3 Å². The Labute approximate surface area is 212 Å². The standard InChI is InChI=1S/C24H34F2N4O2.HI/c1-4-27-24(28-15-19-9-7-8-10-20(19)17-30(5-2)6-3)29-16-22(31)18-11-13-21(14-12-18)32-23(25)26;/h7-14,22-23,31H,4-6,15-17H2,1-3H3,(H2,27,28,29);1H. The van der Waals surface area contributed by atoms with Crippen LogP contribution in [-0.2, 0) is 13.1 Å². The maximum Gasteiger partial charge on any atom is 0.387 e. The molecule has 0 aliphatic heterocycles. The van der Waals surface area contributed by atoms with Gasteiger partial charge >= 0.3 is 6.61 Å². The molecule has 2 aromatic rings. The van der Waals surface area contributed by atoms with Crippen LogP contribution in [0.4, 0.5) is 8.78 Å². The van der Waals surface area contributed by atoms with E-state index in [9.17, 15) is 13.9 Å². The first kappa shape index (κ1) is 29.1. The molecule has 0 saturated carbocycles. The summed E-state index contributed by atoms with van der Waals surface area (Å²) in [5.74, 6) is 0.657. The number of ether oxygens (including phenoxy) is 1. The molecule has 0 aromatic heterocycles. The van der Waals surface area contributed by atoms with Crippen LogP contribution in [0.2, 0.25) is 0 Å². The minimum atomic E-state index is -2.87. The van der Waals surface area contributed by atoms with E-state index >= 15 is 0 Å². The summed E-state index contributed by atoms with van der Waals surface area (Å²) in [4.78, 5) is 7.04. The molecular weight excluding hydrogens is 541 g/mol. The zero-order valence-corrected chi connectivity index (χ0v) is 21.8. The highest BCUT2D eigenvalue weighted by molar-refractivity contribution is 14.0. The SMILES string of the molecule is CCNC(=NCc1ccccc1CN(CC)CC)NCC(O)c1ccc(OC(F)F)cc1.I. The van der Waals surface area contributed by atoms with Gasteiger partial charge in [0.1, 0.15) is 5.75 Å². The molecule has 3 N–H and O–H groups in total. The van der Waals surface area contributed by atoms with Gasteiger partial charge in [-0.05, 0) is 48.8 Å². The van der Waals surface area contributed by atoms with Crippen molar-refractivity contribution in [3.05, 3.63) is 65.2 Å². The maximum absolute atomic E-state index is 12.3. The van der Waals surface area contributed by atoms with Gasteiger partial charge in [0.2, 0.25) is 0 Å². The van der Waals surface area contributed by atoms with Crippen LogP contribution in [0.15, 0.2) is 53.5 Å². The third-order valence-corrected chi connectivity index (χ3v) is 5.11. The summed E-state index contributed by atoms with van der Waals surface area (Å²) < 4.78 is 28.9. The fraction of sp³-hybridized carbons (Fsp3) is 0.458. The van der Waals surface area contributed by atoms with Crippen molar-refractivity contribution in [2.75, 3.05) is 26.2 Å². The van der Waals surface area contributed by atoms with Gasteiger partial charge in [0.25, 0.3) is 0 Å². The summed E-state index contributed by atoms with van der Waals surface area (Å²) in [7, 11) is 0. The minimum Gasteiger partial charge on any atom is -0.435 e. The molecule has 0 amide bonds. The van der Waals surface area contributed by atoms with Crippen LogP contribution in [0.5, 0.6) is 5.75 Å². The van der Waals surface area contributed by atoms with Gasteiger partial charge in [-0.2, -0.15) is 8.78 Å². The molecule has 0 spiro atoms. The van der Waals surface area contributed by atoms with Crippen molar-refractivity contribution in [2.24, 2.45) is 4.99 Å². The summed E-state index contributed by atoms with van der Waals surface area (Å²) in [5.41, 5.74) is 3.01. The first-order valence-electron chi connectivity index (χ1n) is 11.0. The number of aliphatic hydroxyl groups is 1. The van der Waals surface area contributed by atoms with E-state index in [2.05, 4.69) is 51.2 Å². The molecule has 9 heteroatoms. The summed E-state index contributed by atoms with van der Waals surface area (Å²) in [5, 5.41) is 16.8. The van der Waals surface area contributed by atoms with Crippen LogP contribution in [0.3, 0.4) is 0 Å². The number of aliphatic hydroxyl groups excluding tert-OH is 1. The van der Waals surface area contributed by atoms with Crippen LogP contribution in [0.1, 0.15) is 43.6 Å². The molecule has 0 saturated heterocycles. The number of aliphatic imine (C=N–C) groups is 1. The van der Waals surface area contributed by atoms with E-state index in [4.69, 9.17) is 0 Å². The smallest absolute Gasteiger partial charge is 0.387 e. The molecule has 0 fully saturated rings. The number of alkyl halides is 2. The summed E-state index contributed by atoms with van der Waals surface area (Å²) >= 11 is 0. The zero-order valence-electron chi connectivity index (χ0n) is 19.4. The van der Waals surface area contributed by atoms with Crippen LogP contribution < -0.4 is 15.4 Å². The van der Waals surface area contributed by atoms with Gasteiger partial charge in [-0.3, -0.25) is 4.90 Å². The second kappa shape index (κ2) is 15.8. The predicted octanol–water partition coefficient (Wildman–Crippen LogP) is 4.54. The molecule has 1 unspecified atom stereocenters. The van der Waals surface area contributed by atoms with Crippen LogP contribution in [0.25, 0.3) is 0 Å². The number of hydrogen-bond acceptors (Lipinski definition) is 4. The lowest BCUT2D eigenvalue weighted by Crippen LogP contribution is -2.39. The van der Waals surface area contributed by atoms with Gasteiger partial charge in [0.05, 0.1) is 12.6 Å². The third-order valence-electron chi connectivity index (χ3n) is 5.11. The van der Waals surface area contributed by atoms with Crippen molar-refractivity contribution < 1.29 is 18.6 Å². The Balaban J connectivity index is 0.00000544. The molecule has 2 aromatic carbocycles. The van der Waals surface area contributed by atoms with Gasteiger partial charge in [0.15, 0.2) is 5.96 Å². The summed E-state index contributed by atoms with van der Waals surface area (Å²) in [6, 6.07) is 14.2. The molecule has 0 aliphatic carbocycles. The Morgan fingerprint density at radius 1 is 1.00 bits per heavy atom. The lowest BCUT2D eigenvalue weighted by molar-refractivity contribution is -0.0498. The number of benzene rings is 2. The Bertz CT molecular complexity index is 833. The van der Waals surface area contributed by atoms with Crippen molar-refractivity contribution >= 4 is 29.9 Å². The van der Waals surface area contributed by atoms with Crippen molar-refractivity contribution in [3.8, 4) is 5.75 Å². The highest BCUT2D eigenvalue weighted by atomic mass is 127. The second-order valence-corrected chi connectivity index (χ2v) is 7.27. The Kier molecular flexibility index (Phi) is 13.9. The number of hydrogen-bond donors (Lipinski definition) is 3. The number of rotatable bonds is 12. The average molecular weight is 576 g/mol. The number of guanidine groups is 1. The van der Waals surface area contributed by atoms with E-state index in [0.717, 1.165) is 25.2 Å². The van der Waals surface area contributed by atoms with E-state index in [1.807, 2.05) is 19.1 Å². The predicted molar refractivity (Wildman–Crippen MR) is 139 cm³/mol.